The normalized spacial score (nSPS) is 14.5. The second kappa shape index (κ2) is 9.55. The maximum absolute atomic E-state index is 14.6. The molecule has 2 amide bonds. The summed E-state index contributed by atoms with van der Waals surface area (Å²) in [6, 6.07) is 7.21. The molecule has 1 aliphatic heterocycles. The highest BCUT2D eigenvalue weighted by Crippen LogP contribution is 2.28. The lowest BCUT2D eigenvalue weighted by molar-refractivity contribution is 0.252. The SMILES string of the molecule is CCNC(=O)Nc1cc(CC2CCN(c3ccc(-c4ncc[nH]4)nc3F)CC2)ccn1. The number of aromatic nitrogens is 4. The zero-order chi connectivity index (χ0) is 21.6. The number of aromatic amines is 1. The molecule has 3 aromatic heterocycles. The quantitative estimate of drug-likeness (QED) is 0.526. The Balaban J connectivity index is 1.33. The van der Waals surface area contributed by atoms with Crippen LogP contribution in [-0.4, -0.2) is 45.6 Å². The fraction of sp³-hybridized carbons (Fsp3) is 0.364. The predicted molar refractivity (Wildman–Crippen MR) is 117 cm³/mol. The van der Waals surface area contributed by atoms with Crippen LogP contribution in [0.25, 0.3) is 11.5 Å². The molecule has 0 aromatic carbocycles. The minimum absolute atomic E-state index is 0.255. The Kier molecular flexibility index (Phi) is 6.40. The number of hydrogen-bond acceptors (Lipinski definition) is 5. The molecule has 3 N–H and O–H groups in total. The number of H-pyrrole nitrogens is 1. The van der Waals surface area contributed by atoms with E-state index in [4.69, 9.17) is 0 Å². The molecule has 0 bridgehead atoms. The summed E-state index contributed by atoms with van der Waals surface area (Å²) >= 11 is 0. The number of nitrogens with zero attached hydrogens (tertiary/aromatic N) is 4. The zero-order valence-corrected chi connectivity index (χ0v) is 17.4. The van der Waals surface area contributed by atoms with Crippen LogP contribution in [-0.2, 0) is 6.42 Å². The van der Waals surface area contributed by atoms with E-state index in [2.05, 4.69) is 35.5 Å². The number of carbonyl (C=O) groups is 1. The van der Waals surface area contributed by atoms with Gasteiger partial charge in [0.2, 0.25) is 5.95 Å². The topological polar surface area (TPSA) is 98.8 Å². The van der Waals surface area contributed by atoms with E-state index >= 15 is 0 Å². The zero-order valence-electron chi connectivity index (χ0n) is 17.4. The lowest BCUT2D eigenvalue weighted by Crippen LogP contribution is -2.35. The number of carbonyl (C=O) groups excluding carboxylic acids is 1. The Labute approximate surface area is 180 Å². The summed E-state index contributed by atoms with van der Waals surface area (Å²) in [6.07, 6.45) is 7.85. The van der Waals surface area contributed by atoms with Gasteiger partial charge in [0.25, 0.3) is 0 Å². The highest BCUT2D eigenvalue weighted by Gasteiger charge is 2.23. The Morgan fingerprint density at radius 1 is 1.23 bits per heavy atom. The Bertz CT molecular complexity index is 1020. The van der Waals surface area contributed by atoms with Gasteiger partial charge in [-0.3, -0.25) is 5.32 Å². The van der Waals surface area contributed by atoms with Crippen molar-refractivity contribution in [2.24, 2.45) is 5.92 Å². The summed E-state index contributed by atoms with van der Waals surface area (Å²) in [5, 5.41) is 5.44. The standard InChI is InChI=1S/C22H26FN7O/c1-2-24-22(31)29-19-14-16(5-8-25-19)13-15-6-11-30(12-7-15)18-4-3-17(28-20(18)23)21-26-9-10-27-21/h3-5,8-10,14-15H,2,6-7,11-13H2,1H3,(H,26,27)(H2,24,25,29,31). The molecule has 0 radical (unpaired) electrons. The molecule has 31 heavy (non-hydrogen) atoms. The number of rotatable bonds is 6. The third kappa shape index (κ3) is 5.17. The Morgan fingerprint density at radius 2 is 2.06 bits per heavy atom. The highest BCUT2D eigenvalue weighted by atomic mass is 19.1. The molecule has 4 heterocycles. The Morgan fingerprint density at radius 3 is 2.77 bits per heavy atom. The molecule has 1 saturated heterocycles. The number of amides is 2. The number of halogens is 1. The van der Waals surface area contributed by atoms with Crippen LogP contribution in [0.2, 0.25) is 0 Å². The second-order valence-electron chi connectivity index (χ2n) is 7.61. The first-order valence-electron chi connectivity index (χ1n) is 10.5. The van der Waals surface area contributed by atoms with Gasteiger partial charge in [0.1, 0.15) is 11.5 Å². The first-order chi connectivity index (χ1) is 15.1. The molecule has 1 fully saturated rings. The van der Waals surface area contributed by atoms with Gasteiger partial charge in [-0.1, -0.05) is 0 Å². The number of imidazole rings is 1. The molecule has 0 saturated carbocycles. The van der Waals surface area contributed by atoms with Crippen molar-refractivity contribution in [3.63, 3.8) is 0 Å². The minimum atomic E-state index is -0.470. The van der Waals surface area contributed by atoms with Crippen molar-refractivity contribution in [1.29, 1.82) is 0 Å². The number of anilines is 2. The van der Waals surface area contributed by atoms with E-state index in [1.165, 1.54) is 0 Å². The monoisotopic (exact) mass is 423 g/mol. The average molecular weight is 423 g/mol. The first kappa shape index (κ1) is 20.8. The van der Waals surface area contributed by atoms with Crippen molar-refractivity contribution in [3.8, 4) is 11.5 Å². The van der Waals surface area contributed by atoms with Crippen molar-refractivity contribution in [2.75, 3.05) is 29.9 Å². The van der Waals surface area contributed by atoms with Crippen molar-refractivity contribution < 1.29 is 9.18 Å². The predicted octanol–water partition coefficient (Wildman–Crippen LogP) is 3.61. The molecular weight excluding hydrogens is 397 g/mol. The van der Waals surface area contributed by atoms with E-state index in [-0.39, 0.29) is 6.03 Å². The van der Waals surface area contributed by atoms with Crippen LogP contribution in [0, 0.1) is 11.9 Å². The summed E-state index contributed by atoms with van der Waals surface area (Å²) in [4.78, 5) is 29.1. The van der Waals surface area contributed by atoms with Crippen molar-refractivity contribution in [3.05, 3.63) is 54.4 Å². The number of nitrogens with one attached hydrogen (secondary N) is 3. The second-order valence-corrected chi connectivity index (χ2v) is 7.61. The lowest BCUT2D eigenvalue weighted by atomic mass is 9.90. The highest BCUT2D eigenvalue weighted by molar-refractivity contribution is 5.88. The number of hydrogen-bond donors (Lipinski definition) is 3. The first-order valence-corrected chi connectivity index (χ1v) is 10.5. The van der Waals surface area contributed by atoms with Crippen LogP contribution in [0.5, 0.6) is 0 Å². The fourth-order valence-corrected chi connectivity index (χ4v) is 3.90. The summed E-state index contributed by atoms with van der Waals surface area (Å²) in [7, 11) is 0. The fourth-order valence-electron chi connectivity index (χ4n) is 3.90. The van der Waals surface area contributed by atoms with Gasteiger partial charge in [0, 0.05) is 38.2 Å². The van der Waals surface area contributed by atoms with Crippen LogP contribution in [0.3, 0.4) is 0 Å². The van der Waals surface area contributed by atoms with Crippen molar-refractivity contribution in [1.82, 2.24) is 25.3 Å². The molecule has 4 rings (SSSR count). The van der Waals surface area contributed by atoms with Gasteiger partial charge in [-0.05, 0) is 61.9 Å². The van der Waals surface area contributed by atoms with Crippen LogP contribution >= 0.6 is 0 Å². The molecule has 9 heteroatoms. The minimum Gasteiger partial charge on any atom is -0.368 e. The van der Waals surface area contributed by atoms with E-state index < -0.39 is 5.95 Å². The molecule has 0 aliphatic carbocycles. The molecule has 0 spiro atoms. The van der Waals surface area contributed by atoms with Crippen LogP contribution in [0.15, 0.2) is 42.9 Å². The van der Waals surface area contributed by atoms with Crippen LogP contribution < -0.4 is 15.5 Å². The average Bonchev–Trinajstić information content (AvgIpc) is 3.30. The third-order valence-electron chi connectivity index (χ3n) is 5.45. The summed E-state index contributed by atoms with van der Waals surface area (Å²) in [5.41, 5.74) is 2.16. The van der Waals surface area contributed by atoms with Gasteiger partial charge in [0.15, 0.2) is 5.82 Å². The number of urea groups is 1. The van der Waals surface area contributed by atoms with E-state index in [9.17, 15) is 9.18 Å². The molecule has 1 aliphatic rings. The van der Waals surface area contributed by atoms with E-state index in [1.54, 1.807) is 30.7 Å². The van der Waals surface area contributed by atoms with E-state index in [1.807, 2.05) is 19.1 Å². The van der Waals surface area contributed by atoms with Gasteiger partial charge in [-0.15, -0.1) is 0 Å². The van der Waals surface area contributed by atoms with Gasteiger partial charge < -0.3 is 15.2 Å². The van der Waals surface area contributed by atoms with Crippen LogP contribution in [0.4, 0.5) is 20.7 Å². The van der Waals surface area contributed by atoms with Crippen molar-refractivity contribution in [2.45, 2.75) is 26.2 Å². The van der Waals surface area contributed by atoms with E-state index in [0.717, 1.165) is 37.9 Å². The van der Waals surface area contributed by atoms with Gasteiger partial charge >= 0.3 is 6.03 Å². The molecule has 0 unspecified atom stereocenters. The maximum Gasteiger partial charge on any atom is 0.320 e. The number of piperidine rings is 1. The maximum atomic E-state index is 14.6. The lowest BCUT2D eigenvalue weighted by Gasteiger charge is -2.33. The van der Waals surface area contributed by atoms with Crippen molar-refractivity contribution >= 4 is 17.5 Å². The summed E-state index contributed by atoms with van der Waals surface area (Å²) < 4.78 is 14.6. The number of pyridine rings is 2. The van der Waals surface area contributed by atoms with E-state index in [0.29, 0.717) is 35.5 Å². The molecule has 3 aromatic rings. The Hall–Kier alpha value is -3.49. The molecule has 0 atom stereocenters. The van der Waals surface area contributed by atoms with Gasteiger partial charge in [-0.2, -0.15) is 4.39 Å². The largest absolute Gasteiger partial charge is 0.368 e. The van der Waals surface area contributed by atoms with Crippen LogP contribution in [0.1, 0.15) is 25.3 Å². The molecular formula is C22H26FN7O. The summed E-state index contributed by atoms with van der Waals surface area (Å²) in [5.74, 6) is 1.13. The van der Waals surface area contributed by atoms with Gasteiger partial charge in [0.05, 0.1) is 5.69 Å². The molecule has 8 nitrogen and oxygen atoms in total. The third-order valence-corrected chi connectivity index (χ3v) is 5.45. The summed E-state index contributed by atoms with van der Waals surface area (Å²) in [6.45, 7) is 3.98. The molecule has 162 valence electrons. The van der Waals surface area contributed by atoms with Gasteiger partial charge in [-0.25, -0.2) is 19.7 Å². The smallest absolute Gasteiger partial charge is 0.320 e.